The van der Waals surface area contributed by atoms with Gasteiger partial charge in [0.15, 0.2) is 11.5 Å². The van der Waals surface area contributed by atoms with Crippen LogP contribution in [0.4, 0.5) is 0 Å². The van der Waals surface area contributed by atoms with E-state index in [1.165, 1.54) is 115 Å². The van der Waals surface area contributed by atoms with Gasteiger partial charge in [0, 0.05) is 18.4 Å². The van der Waals surface area contributed by atoms with Crippen molar-refractivity contribution in [2.24, 2.45) is 0 Å². The first kappa shape index (κ1) is 39.8. The summed E-state index contributed by atoms with van der Waals surface area (Å²) in [5.74, 6) is -1.27. The highest BCUT2D eigenvalue weighted by atomic mass is 16.4. The van der Waals surface area contributed by atoms with Crippen molar-refractivity contribution in [3.8, 4) is 11.5 Å². The molecule has 1 aromatic carbocycles. The van der Waals surface area contributed by atoms with Gasteiger partial charge in [-0.05, 0) is 50.2 Å². The Balaban J connectivity index is 2.03. The summed E-state index contributed by atoms with van der Waals surface area (Å²) in [6.45, 7) is 0. The van der Waals surface area contributed by atoms with Crippen LogP contribution in [0.5, 0.6) is 11.5 Å². The van der Waals surface area contributed by atoms with Gasteiger partial charge in [-0.25, -0.2) is 0 Å². The van der Waals surface area contributed by atoms with Gasteiger partial charge in [0.25, 0.3) is 0 Å². The van der Waals surface area contributed by atoms with Gasteiger partial charge in [0.1, 0.15) is 0 Å². The summed E-state index contributed by atoms with van der Waals surface area (Å²) < 4.78 is 0. The first-order valence-electron chi connectivity index (χ1n) is 18.4. The van der Waals surface area contributed by atoms with Crippen molar-refractivity contribution < 1.29 is 30.0 Å². The summed E-state index contributed by atoms with van der Waals surface area (Å²) in [6.07, 6.45) is 33.5. The number of carboxylic acid groups (broad SMARTS) is 2. The Labute approximate surface area is 269 Å². The second kappa shape index (κ2) is 28.2. The molecule has 0 unspecified atom stereocenters. The lowest BCUT2D eigenvalue weighted by Crippen LogP contribution is -1.97. The number of hydrogen-bond acceptors (Lipinski definition) is 4. The highest BCUT2D eigenvalue weighted by Gasteiger charge is 2.12. The molecule has 0 aromatic heterocycles. The Morgan fingerprint density at radius 3 is 1.05 bits per heavy atom. The van der Waals surface area contributed by atoms with Crippen molar-refractivity contribution in [2.75, 3.05) is 0 Å². The average molecular weight is 619 g/mol. The van der Waals surface area contributed by atoms with Crippen LogP contribution < -0.4 is 0 Å². The normalized spacial score (nSPS) is 11.3. The smallest absolute Gasteiger partial charge is 0.303 e. The predicted octanol–water partition coefficient (Wildman–Crippen LogP) is 11.3. The molecule has 0 saturated heterocycles. The number of carboxylic acids is 2. The molecule has 0 heterocycles. The zero-order chi connectivity index (χ0) is 32.1. The monoisotopic (exact) mass is 618 g/mol. The number of aliphatic carboxylic acids is 2. The number of hydrogen-bond donors (Lipinski definition) is 4. The second-order valence-electron chi connectivity index (χ2n) is 13.1. The van der Waals surface area contributed by atoms with Gasteiger partial charge in [0.2, 0.25) is 0 Å². The highest BCUT2D eigenvalue weighted by molar-refractivity contribution is 5.66. The largest absolute Gasteiger partial charge is 0.504 e. The molecule has 0 fully saturated rings. The van der Waals surface area contributed by atoms with E-state index in [2.05, 4.69) is 0 Å². The lowest BCUT2D eigenvalue weighted by atomic mass is 9.95. The zero-order valence-electron chi connectivity index (χ0n) is 28.0. The van der Waals surface area contributed by atoms with E-state index in [1.807, 2.05) is 6.07 Å². The molecule has 0 aliphatic rings. The first-order chi connectivity index (χ1) is 21.4. The summed E-state index contributed by atoms with van der Waals surface area (Å²) in [5, 5.41) is 38.0. The summed E-state index contributed by atoms with van der Waals surface area (Å²) in [7, 11) is 0. The summed E-state index contributed by atoms with van der Waals surface area (Å²) in [5.41, 5.74) is 2.15. The molecule has 0 aliphatic heterocycles. The fourth-order valence-electron chi connectivity index (χ4n) is 6.24. The number of aryl methyl sites for hydroxylation is 1. The van der Waals surface area contributed by atoms with Crippen molar-refractivity contribution >= 4 is 11.9 Å². The van der Waals surface area contributed by atoms with E-state index < -0.39 is 11.9 Å². The van der Waals surface area contributed by atoms with E-state index in [1.54, 1.807) is 6.07 Å². The Bertz CT molecular complexity index is 852. The molecule has 254 valence electrons. The topological polar surface area (TPSA) is 115 Å². The summed E-state index contributed by atoms with van der Waals surface area (Å²) >= 11 is 0. The minimum Gasteiger partial charge on any atom is -0.504 e. The maximum absolute atomic E-state index is 10.5. The Morgan fingerprint density at radius 1 is 0.409 bits per heavy atom. The van der Waals surface area contributed by atoms with Gasteiger partial charge >= 0.3 is 11.9 Å². The summed E-state index contributed by atoms with van der Waals surface area (Å²) in [4.78, 5) is 21.0. The third-order valence-electron chi connectivity index (χ3n) is 9.01. The number of phenolic OH excluding ortho intramolecular Hbond substituents is 2. The van der Waals surface area contributed by atoms with Crippen LogP contribution in [0.3, 0.4) is 0 Å². The quantitative estimate of drug-likeness (QED) is 0.0471. The van der Waals surface area contributed by atoms with E-state index in [-0.39, 0.29) is 11.5 Å². The first-order valence-corrected chi connectivity index (χ1v) is 18.4. The van der Waals surface area contributed by atoms with Crippen LogP contribution in [-0.2, 0) is 22.4 Å². The fraction of sp³-hybridized carbons (Fsp3) is 0.789. The third-order valence-corrected chi connectivity index (χ3v) is 9.01. The van der Waals surface area contributed by atoms with E-state index in [9.17, 15) is 19.8 Å². The second-order valence-corrected chi connectivity index (χ2v) is 13.1. The van der Waals surface area contributed by atoms with Crippen molar-refractivity contribution in [2.45, 2.75) is 193 Å². The number of carbonyl (C=O) groups is 2. The van der Waals surface area contributed by atoms with Gasteiger partial charge in [-0.3, -0.25) is 9.59 Å². The van der Waals surface area contributed by atoms with Crippen LogP contribution in [0.1, 0.15) is 191 Å². The van der Waals surface area contributed by atoms with Crippen LogP contribution in [-0.4, -0.2) is 32.4 Å². The maximum Gasteiger partial charge on any atom is 0.303 e. The van der Waals surface area contributed by atoms with E-state index in [0.717, 1.165) is 76.2 Å². The maximum atomic E-state index is 10.5. The van der Waals surface area contributed by atoms with Crippen LogP contribution in [0.15, 0.2) is 12.1 Å². The van der Waals surface area contributed by atoms with E-state index >= 15 is 0 Å². The fourth-order valence-corrected chi connectivity index (χ4v) is 6.24. The molecule has 6 heteroatoms. The van der Waals surface area contributed by atoms with Gasteiger partial charge in [-0.1, -0.05) is 147 Å². The molecule has 0 saturated carbocycles. The molecule has 44 heavy (non-hydrogen) atoms. The SMILES string of the molecule is O=C(O)CCCCCCCCCCCCCCCc1ccc(O)c(O)c1CCCCCCCCCCCCCCCC(=O)O. The minimum absolute atomic E-state index is 0.00203. The average Bonchev–Trinajstić information content (AvgIpc) is 2.99. The molecule has 1 rings (SSSR count). The Hall–Kier alpha value is -2.24. The molecule has 0 amide bonds. The van der Waals surface area contributed by atoms with Crippen LogP contribution in [0, 0.1) is 0 Å². The van der Waals surface area contributed by atoms with Gasteiger partial charge < -0.3 is 20.4 Å². The lowest BCUT2D eigenvalue weighted by Gasteiger charge is -2.13. The molecular weight excluding hydrogens is 552 g/mol. The molecule has 0 radical (unpaired) electrons. The third kappa shape index (κ3) is 23.2. The molecule has 6 nitrogen and oxygen atoms in total. The Kier molecular flexibility index (Phi) is 25.5. The van der Waals surface area contributed by atoms with Crippen molar-refractivity contribution in [1.82, 2.24) is 0 Å². The van der Waals surface area contributed by atoms with Crippen LogP contribution in [0.25, 0.3) is 0 Å². The minimum atomic E-state index is -0.681. The molecule has 0 aliphatic carbocycles. The molecule has 0 atom stereocenters. The zero-order valence-corrected chi connectivity index (χ0v) is 28.0. The molecular formula is C38H66O6. The summed E-state index contributed by atoms with van der Waals surface area (Å²) in [6, 6.07) is 3.65. The molecule has 0 spiro atoms. The lowest BCUT2D eigenvalue weighted by molar-refractivity contribution is -0.138. The molecule has 1 aromatic rings. The standard InChI is InChI=1S/C38H66O6/c39-35-32-31-33(27-23-19-15-11-7-3-1-5-9-13-17-21-25-29-36(40)41)34(38(35)44)28-24-20-16-12-8-4-2-6-10-14-18-22-26-30-37(42)43/h31-32,39,44H,1-30H2,(H,40,41)(H,42,43). The predicted molar refractivity (Wildman–Crippen MR) is 182 cm³/mol. The molecule has 0 bridgehead atoms. The highest BCUT2D eigenvalue weighted by Crippen LogP contribution is 2.33. The van der Waals surface area contributed by atoms with Gasteiger partial charge in [0.05, 0.1) is 0 Å². The number of aromatic hydroxyl groups is 2. The number of rotatable bonds is 32. The number of unbranched alkanes of at least 4 members (excludes halogenated alkanes) is 24. The van der Waals surface area contributed by atoms with Gasteiger partial charge in [-0.15, -0.1) is 0 Å². The van der Waals surface area contributed by atoms with E-state index in [4.69, 9.17) is 10.2 Å². The van der Waals surface area contributed by atoms with Crippen LogP contribution in [0.2, 0.25) is 0 Å². The van der Waals surface area contributed by atoms with Crippen molar-refractivity contribution in [1.29, 1.82) is 0 Å². The molecule has 4 N–H and O–H groups in total. The van der Waals surface area contributed by atoms with E-state index in [0.29, 0.717) is 12.8 Å². The number of benzene rings is 1. The number of phenols is 2. The van der Waals surface area contributed by atoms with Crippen molar-refractivity contribution in [3.05, 3.63) is 23.3 Å². The Morgan fingerprint density at radius 2 is 0.705 bits per heavy atom. The van der Waals surface area contributed by atoms with Crippen LogP contribution >= 0.6 is 0 Å². The van der Waals surface area contributed by atoms with Crippen molar-refractivity contribution in [3.63, 3.8) is 0 Å². The van der Waals surface area contributed by atoms with Gasteiger partial charge in [-0.2, -0.15) is 0 Å².